The average Bonchev–Trinajstić information content (AvgIpc) is 2.62. The van der Waals surface area contributed by atoms with E-state index in [9.17, 15) is 4.79 Å². The van der Waals surface area contributed by atoms with Gasteiger partial charge in [0.05, 0.1) is 24.4 Å². The summed E-state index contributed by atoms with van der Waals surface area (Å²) in [6.45, 7) is 4.29. The van der Waals surface area contributed by atoms with Crippen LogP contribution >= 0.6 is 11.6 Å². The van der Waals surface area contributed by atoms with Gasteiger partial charge in [0.25, 0.3) is 5.56 Å². The fourth-order valence-corrected chi connectivity index (χ4v) is 2.93. The van der Waals surface area contributed by atoms with Crippen molar-refractivity contribution in [3.63, 3.8) is 0 Å². The van der Waals surface area contributed by atoms with Crippen LogP contribution < -0.4 is 15.0 Å². The molecule has 134 valence electrons. The molecule has 2 heterocycles. The summed E-state index contributed by atoms with van der Waals surface area (Å²) in [5, 5.41) is 0.374. The molecule has 5 nitrogen and oxygen atoms in total. The summed E-state index contributed by atoms with van der Waals surface area (Å²) in [6.07, 6.45) is 1.75. The molecule has 0 bridgehead atoms. The van der Waals surface area contributed by atoms with E-state index in [1.165, 1.54) is 6.07 Å². The third-order valence-corrected chi connectivity index (χ3v) is 4.21. The van der Waals surface area contributed by atoms with Crippen molar-refractivity contribution in [2.24, 2.45) is 0 Å². The Bertz CT molecular complexity index is 1040. The molecule has 0 saturated carbocycles. The molecular weight excluding hydrogens is 352 g/mol. The second-order valence-electron chi connectivity index (χ2n) is 5.68. The van der Waals surface area contributed by atoms with E-state index in [1.807, 2.05) is 44.2 Å². The van der Waals surface area contributed by atoms with Crippen LogP contribution in [-0.4, -0.2) is 23.1 Å². The van der Waals surface area contributed by atoms with Gasteiger partial charge in [-0.15, -0.1) is 0 Å². The Morgan fingerprint density at radius 3 is 2.77 bits per heavy atom. The number of pyridine rings is 1. The zero-order chi connectivity index (χ0) is 18.7. The van der Waals surface area contributed by atoms with Gasteiger partial charge in [0.1, 0.15) is 5.65 Å². The first-order valence-electron chi connectivity index (χ1n) is 8.21. The molecule has 0 aliphatic carbocycles. The molecule has 0 radical (unpaired) electrons. The molecule has 0 aliphatic heterocycles. The van der Waals surface area contributed by atoms with Gasteiger partial charge in [-0.2, -0.15) is 0 Å². The first kappa shape index (κ1) is 18.0. The SMILES string of the molecule is CCOc1cc(/C=C(\Cl)c2cc(=O)n3c(C)cccc3n2)ccc1OC. The zero-order valence-electron chi connectivity index (χ0n) is 14.8. The number of halogens is 1. The summed E-state index contributed by atoms with van der Waals surface area (Å²) in [7, 11) is 1.59. The molecule has 0 unspecified atom stereocenters. The largest absolute Gasteiger partial charge is 0.493 e. The number of aryl methyl sites for hydroxylation is 1. The lowest BCUT2D eigenvalue weighted by molar-refractivity contribution is 0.311. The Hall–Kier alpha value is -2.79. The molecule has 0 saturated heterocycles. The molecule has 1 aromatic carbocycles. The van der Waals surface area contributed by atoms with Crippen LogP contribution in [0.2, 0.25) is 0 Å². The summed E-state index contributed by atoms with van der Waals surface area (Å²) in [5.41, 5.74) is 2.47. The Balaban J connectivity index is 2.04. The highest BCUT2D eigenvalue weighted by molar-refractivity contribution is 6.51. The van der Waals surface area contributed by atoms with Crippen LogP contribution in [0.1, 0.15) is 23.9 Å². The lowest BCUT2D eigenvalue weighted by Crippen LogP contribution is -2.16. The lowest BCUT2D eigenvalue weighted by atomic mass is 10.1. The molecule has 0 aliphatic rings. The fourth-order valence-electron chi connectivity index (χ4n) is 2.71. The van der Waals surface area contributed by atoms with Gasteiger partial charge in [-0.25, -0.2) is 4.98 Å². The minimum absolute atomic E-state index is 0.167. The normalized spacial score (nSPS) is 11.6. The van der Waals surface area contributed by atoms with Gasteiger partial charge < -0.3 is 9.47 Å². The Morgan fingerprint density at radius 2 is 2.04 bits per heavy atom. The molecule has 0 N–H and O–H groups in total. The van der Waals surface area contributed by atoms with Gasteiger partial charge >= 0.3 is 0 Å². The molecule has 0 atom stereocenters. The van der Waals surface area contributed by atoms with Crippen LogP contribution in [0.3, 0.4) is 0 Å². The van der Waals surface area contributed by atoms with Gasteiger partial charge in [-0.1, -0.05) is 23.7 Å². The smallest absolute Gasteiger partial charge is 0.258 e. The molecule has 26 heavy (non-hydrogen) atoms. The number of fused-ring (bicyclic) bond motifs is 1. The molecule has 0 amide bonds. The Kier molecular flexibility index (Phi) is 5.28. The van der Waals surface area contributed by atoms with Gasteiger partial charge in [0.15, 0.2) is 11.5 Å². The van der Waals surface area contributed by atoms with Crippen molar-refractivity contribution < 1.29 is 9.47 Å². The van der Waals surface area contributed by atoms with Crippen LogP contribution in [0.5, 0.6) is 11.5 Å². The van der Waals surface area contributed by atoms with Crippen LogP contribution in [0.25, 0.3) is 16.8 Å². The van der Waals surface area contributed by atoms with Gasteiger partial charge in [-0.05, 0) is 49.8 Å². The van der Waals surface area contributed by atoms with Crippen LogP contribution in [0, 0.1) is 6.92 Å². The number of hydrogen-bond donors (Lipinski definition) is 0. The van der Waals surface area contributed by atoms with E-state index in [4.69, 9.17) is 21.1 Å². The fraction of sp³-hybridized carbons (Fsp3) is 0.200. The number of aromatic nitrogens is 2. The lowest BCUT2D eigenvalue weighted by Gasteiger charge is -2.10. The number of methoxy groups -OCH3 is 1. The second kappa shape index (κ2) is 7.62. The standard InChI is InChI=1S/C20H19ClN2O3/c1-4-26-18-11-14(8-9-17(18)25-3)10-15(21)16-12-20(24)23-13(2)6-5-7-19(23)22-16/h5-12H,4H2,1-3H3/b15-10-. The van der Waals surface area contributed by atoms with Crippen molar-refractivity contribution in [1.29, 1.82) is 0 Å². The highest BCUT2D eigenvalue weighted by atomic mass is 35.5. The molecule has 6 heteroatoms. The van der Waals surface area contributed by atoms with Crippen molar-refractivity contribution in [3.05, 3.63) is 69.8 Å². The summed E-state index contributed by atoms with van der Waals surface area (Å²) in [5.74, 6) is 1.29. The van der Waals surface area contributed by atoms with Crippen molar-refractivity contribution in [2.45, 2.75) is 13.8 Å². The van der Waals surface area contributed by atoms with Gasteiger partial charge in [-0.3, -0.25) is 9.20 Å². The predicted octanol–water partition coefficient (Wildman–Crippen LogP) is 4.15. The van der Waals surface area contributed by atoms with Crippen molar-refractivity contribution in [2.75, 3.05) is 13.7 Å². The number of ether oxygens (including phenoxy) is 2. The maximum atomic E-state index is 12.4. The minimum Gasteiger partial charge on any atom is -0.493 e. The Labute approximate surface area is 156 Å². The summed E-state index contributed by atoms with van der Waals surface area (Å²) >= 11 is 6.43. The molecule has 3 aromatic rings. The van der Waals surface area contributed by atoms with E-state index in [0.717, 1.165) is 11.3 Å². The van der Waals surface area contributed by atoms with E-state index in [-0.39, 0.29) is 5.56 Å². The molecule has 3 rings (SSSR count). The van der Waals surface area contributed by atoms with E-state index >= 15 is 0 Å². The third kappa shape index (κ3) is 3.58. The number of nitrogens with zero attached hydrogens (tertiary/aromatic N) is 2. The van der Waals surface area contributed by atoms with Crippen LogP contribution in [0.15, 0.2) is 47.3 Å². The zero-order valence-corrected chi connectivity index (χ0v) is 15.6. The number of hydrogen-bond acceptors (Lipinski definition) is 4. The molecule has 2 aromatic heterocycles. The number of benzene rings is 1. The van der Waals surface area contributed by atoms with Crippen LogP contribution in [0.4, 0.5) is 0 Å². The van der Waals surface area contributed by atoms with E-state index in [1.54, 1.807) is 23.7 Å². The summed E-state index contributed by atoms with van der Waals surface area (Å²) in [6, 6.07) is 12.4. The first-order valence-corrected chi connectivity index (χ1v) is 8.59. The molecular formula is C20H19ClN2O3. The number of rotatable bonds is 5. The van der Waals surface area contributed by atoms with Crippen LogP contribution in [-0.2, 0) is 0 Å². The van der Waals surface area contributed by atoms with E-state index < -0.39 is 0 Å². The third-order valence-electron chi connectivity index (χ3n) is 3.91. The Morgan fingerprint density at radius 1 is 1.23 bits per heavy atom. The highest BCUT2D eigenvalue weighted by Crippen LogP contribution is 2.30. The average molecular weight is 371 g/mol. The van der Waals surface area contributed by atoms with Crippen molar-refractivity contribution in [3.8, 4) is 11.5 Å². The van der Waals surface area contributed by atoms with Gasteiger partial charge in [0.2, 0.25) is 0 Å². The second-order valence-corrected chi connectivity index (χ2v) is 6.08. The maximum Gasteiger partial charge on any atom is 0.258 e. The van der Waals surface area contributed by atoms with Crippen molar-refractivity contribution in [1.82, 2.24) is 9.38 Å². The molecule has 0 spiro atoms. The maximum absolute atomic E-state index is 12.4. The molecule has 0 fully saturated rings. The van der Waals surface area contributed by atoms with E-state index in [2.05, 4.69) is 4.98 Å². The topological polar surface area (TPSA) is 52.8 Å². The quantitative estimate of drug-likeness (QED) is 0.677. The minimum atomic E-state index is -0.167. The van der Waals surface area contributed by atoms with E-state index in [0.29, 0.717) is 34.5 Å². The van der Waals surface area contributed by atoms with Gasteiger partial charge in [0, 0.05) is 11.8 Å². The highest BCUT2D eigenvalue weighted by Gasteiger charge is 2.09. The monoisotopic (exact) mass is 370 g/mol. The van der Waals surface area contributed by atoms with Crippen molar-refractivity contribution >= 4 is 28.4 Å². The summed E-state index contributed by atoms with van der Waals surface area (Å²) in [4.78, 5) is 16.9. The predicted molar refractivity (Wildman–Crippen MR) is 104 cm³/mol. The first-order chi connectivity index (χ1) is 12.5. The summed E-state index contributed by atoms with van der Waals surface area (Å²) < 4.78 is 12.4.